The van der Waals surface area contributed by atoms with Gasteiger partial charge in [0.05, 0.1) is 5.75 Å². The number of nitrogens with zero attached hydrogens (tertiary/aromatic N) is 1. The first-order valence-corrected chi connectivity index (χ1v) is 9.30. The smallest absolute Gasteiger partial charge is 0.308 e. The predicted octanol–water partition coefficient (Wildman–Crippen LogP) is 2.78. The average Bonchev–Trinajstić information content (AvgIpc) is 2.52. The third kappa shape index (κ3) is 5.50. The van der Waals surface area contributed by atoms with Crippen molar-refractivity contribution in [1.29, 1.82) is 0 Å². The molecule has 1 aromatic carbocycles. The van der Waals surface area contributed by atoms with Crippen LogP contribution in [0.15, 0.2) is 24.3 Å². The molecule has 1 atom stereocenters. The Balaban J connectivity index is 2.83. The van der Waals surface area contributed by atoms with Crippen LogP contribution in [0.4, 0.5) is 0 Å². The molecule has 0 aliphatic carbocycles. The molecular weight excluding hydrogens is 326 g/mol. The highest BCUT2D eigenvalue weighted by molar-refractivity contribution is 7.87. The van der Waals surface area contributed by atoms with Crippen molar-refractivity contribution in [3.05, 3.63) is 29.8 Å². The Labute approximate surface area is 137 Å². The van der Waals surface area contributed by atoms with Gasteiger partial charge in [0.15, 0.2) is 0 Å². The number of benzene rings is 1. The third-order valence-corrected chi connectivity index (χ3v) is 4.79. The van der Waals surface area contributed by atoms with Crippen molar-refractivity contribution in [1.82, 2.24) is 4.90 Å². The molecule has 0 spiro atoms. The predicted molar refractivity (Wildman–Crippen MR) is 87.6 cm³/mol. The summed E-state index contributed by atoms with van der Waals surface area (Å²) in [6.07, 6.45) is 0.832. The largest absolute Gasteiger partial charge is 0.382 e. The summed E-state index contributed by atoms with van der Waals surface area (Å²) in [7, 11) is -3.53. The van der Waals surface area contributed by atoms with E-state index in [2.05, 4.69) is 0 Å². The lowest BCUT2D eigenvalue weighted by atomic mass is 10.1. The van der Waals surface area contributed by atoms with Gasteiger partial charge >= 0.3 is 10.1 Å². The van der Waals surface area contributed by atoms with E-state index in [-0.39, 0.29) is 29.3 Å². The normalized spacial score (nSPS) is 12.7. The summed E-state index contributed by atoms with van der Waals surface area (Å²) in [5, 5.41) is 0. The average molecular weight is 348 g/mol. The molecule has 0 aromatic heterocycles. The van der Waals surface area contributed by atoms with Crippen LogP contribution >= 0.6 is 11.6 Å². The zero-order valence-corrected chi connectivity index (χ0v) is 14.7. The van der Waals surface area contributed by atoms with Gasteiger partial charge in [0.2, 0.25) is 5.91 Å². The minimum atomic E-state index is -3.53. The quantitative estimate of drug-likeness (QED) is 0.536. The summed E-state index contributed by atoms with van der Waals surface area (Å²) in [6.45, 7) is 5.92. The van der Waals surface area contributed by atoms with Crippen LogP contribution < -0.4 is 4.18 Å². The Morgan fingerprint density at radius 2 is 1.86 bits per heavy atom. The van der Waals surface area contributed by atoms with Gasteiger partial charge in [-0.1, -0.05) is 19.1 Å². The van der Waals surface area contributed by atoms with Crippen LogP contribution in [-0.4, -0.2) is 36.9 Å². The van der Waals surface area contributed by atoms with Gasteiger partial charge in [-0.05, 0) is 38.0 Å². The van der Waals surface area contributed by atoms with E-state index in [9.17, 15) is 13.2 Å². The van der Waals surface area contributed by atoms with Gasteiger partial charge in [0.1, 0.15) is 11.6 Å². The Morgan fingerprint density at radius 1 is 1.27 bits per heavy atom. The minimum Gasteiger partial charge on any atom is -0.382 e. The third-order valence-electron chi connectivity index (χ3n) is 3.41. The Bertz CT molecular complexity index is 586. The summed E-state index contributed by atoms with van der Waals surface area (Å²) in [4.78, 5) is 13.6. The highest BCUT2D eigenvalue weighted by Crippen LogP contribution is 2.17. The SMILES string of the molecule is CCC(C)N(Cc1ccc(OS(=O)(=O)CC)cc1)C(=O)CCl. The number of alkyl halides is 1. The molecular formula is C15H22ClNO4S. The van der Waals surface area contributed by atoms with E-state index in [1.165, 1.54) is 6.92 Å². The van der Waals surface area contributed by atoms with Crippen LogP contribution in [0, 0.1) is 0 Å². The van der Waals surface area contributed by atoms with E-state index in [4.69, 9.17) is 15.8 Å². The first-order chi connectivity index (χ1) is 10.3. The fourth-order valence-electron chi connectivity index (χ4n) is 1.84. The summed E-state index contributed by atoms with van der Waals surface area (Å²) in [5.74, 6) is 0.00962. The van der Waals surface area contributed by atoms with Crippen LogP contribution in [0.3, 0.4) is 0 Å². The van der Waals surface area contributed by atoms with Gasteiger partial charge in [0.25, 0.3) is 0 Å². The molecule has 1 unspecified atom stereocenters. The maximum Gasteiger partial charge on any atom is 0.308 e. The minimum absolute atomic E-state index is 0.0553. The highest BCUT2D eigenvalue weighted by Gasteiger charge is 2.18. The van der Waals surface area contributed by atoms with E-state index < -0.39 is 10.1 Å². The first-order valence-electron chi connectivity index (χ1n) is 7.19. The number of carbonyl (C=O) groups is 1. The summed E-state index contributed by atoms with van der Waals surface area (Å²) in [6, 6.07) is 6.75. The highest BCUT2D eigenvalue weighted by atomic mass is 35.5. The summed E-state index contributed by atoms with van der Waals surface area (Å²) < 4.78 is 27.7. The number of carbonyl (C=O) groups excluding carboxylic acids is 1. The number of hydrogen-bond donors (Lipinski definition) is 0. The zero-order chi connectivity index (χ0) is 16.8. The second kappa shape index (κ2) is 8.39. The van der Waals surface area contributed by atoms with E-state index >= 15 is 0 Å². The van der Waals surface area contributed by atoms with Crippen LogP contribution in [0.25, 0.3) is 0 Å². The Kier molecular flexibility index (Phi) is 7.16. The second-order valence-corrected chi connectivity index (χ2v) is 7.11. The zero-order valence-electron chi connectivity index (χ0n) is 13.1. The van der Waals surface area contributed by atoms with Crippen molar-refractivity contribution in [3.8, 4) is 5.75 Å². The first kappa shape index (κ1) is 18.8. The molecule has 0 radical (unpaired) electrons. The lowest BCUT2D eigenvalue weighted by molar-refractivity contribution is -0.131. The van der Waals surface area contributed by atoms with Gasteiger partial charge in [-0.3, -0.25) is 4.79 Å². The van der Waals surface area contributed by atoms with Gasteiger partial charge in [-0.25, -0.2) is 0 Å². The lowest BCUT2D eigenvalue weighted by Gasteiger charge is -2.28. The molecule has 22 heavy (non-hydrogen) atoms. The second-order valence-electron chi connectivity index (χ2n) is 4.99. The van der Waals surface area contributed by atoms with Crippen molar-refractivity contribution in [2.24, 2.45) is 0 Å². The van der Waals surface area contributed by atoms with Crippen molar-refractivity contribution in [2.45, 2.75) is 39.8 Å². The van der Waals surface area contributed by atoms with Crippen LogP contribution in [0.1, 0.15) is 32.8 Å². The molecule has 1 rings (SSSR count). The van der Waals surface area contributed by atoms with Gasteiger partial charge < -0.3 is 9.08 Å². The Morgan fingerprint density at radius 3 is 2.32 bits per heavy atom. The maximum atomic E-state index is 11.9. The van der Waals surface area contributed by atoms with Gasteiger partial charge in [-0.15, -0.1) is 11.6 Å². The molecule has 0 heterocycles. The van der Waals surface area contributed by atoms with E-state index in [0.29, 0.717) is 6.54 Å². The molecule has 0 aliphatic heterocycles. The van der Waals surface area contributed by atoms with Gasteiger partial charge in [0, 0.05) is 12.6 Å². The topological polar surface area (TPSA) is 63.7 Å². The molecule has 5 nitrogen and oxygen atoms in total. The van der Waals surface area contributed by atoms with Crippen molar-refractivity contribution >= 4 is 27.6 Å². The monoisotopic (exact) mass is 347 g/mol. The van der Waals surface area contributed by atoms with E-state index in [0.717, 1.165) is 12.0 Å². The molecule has 0 fully saturated rings. The maximum absolute atomic E-state index is 11.9. The number of amides is 1. The molecule has 124 valence electrons. The van der Waals surface area contributed by atoms with Crippen LogP contribution in [-0.2, 0) is 21.5 Å². The fourth-order valence-corrected chi connectivity index (χ4v) is 2.52. The fraction of sp³-hybridized carbons (Fsp3) is 0.533. The van der Waals surface area contributed by atoms with Crippen molar-refractivity contribution in [3.63, 3.8) is 0 Å². The van der Waals surface area contributed by atoms with Crippen molar-refractivity contribution in [2.75, 3.05) is 11.6 Å². The standard InChI is InChI=1S/C15H22ClNO4S/c1-4-12(3)17(15(18)10-16)11-13-6-8-14(9-7-13)21-22(19,20)5-2/h6-9,12H,4-5,10-11H2,1-3H3. The molecule has 0 saturated heterocycles. The van der Waals surface area contributed by atoms with Crippen LogP contribution in [0.5, 0.6) is 5.75 Å². The number of rotatable bonds is 8. The van der Waals surface area contributed by atoms with Crippen molar-refractivity contribution < 1.29 is 17.4 Å². The molecule has 0 N–H and O–H groups in total. The van der Waals surface area contributed by atoms with Crippen LogP contribution in [0.2, 0.25) is 0 Å². The van der Waals surface area contributed by atoms with E-state index in [1.54, 1.807) is 29.2 Å². The summed E-state index contributed by atoms with van der Waals surface area (Å²) in [5.41, 5.74) is 0.889. The molecule has 0 bridgehead atoms. The number of hydrogen-bond acceptors (Lipinski definition) is 4. The number of halogens is 1. The Hall–Kier alpha value is -1.27. The molecule has 1 amide bonds. The summed E-state index contributed by atoms with van der Waals surface area (Å²) >= 11 is 5.65. The molecule has 7 heteroatoms. The molecule has 1 aromatic rings. The molecule has 0 saturated carbocycles. The lowest BCUT2D eigenvalue weighted by Crippen LogP contribution is -2.38. The van der Waals surface area contributed by atoms with E-state index in [1.807, 2.05) is 13.8 Å². The van der Waals surface area contributed by atoms with Gasteiger partial charge in [-0.2, -0.15) is 8.42 Å². The molecule has 0 aliphatic rings.